The van der Waals surface area contributed by atoms with Crippen molar-refractivity contribution in [2.75, 3.05) is 30.2 Å². The monoisotopic (exact) mass is 568 g/mol. The molecule has 2 aromatic carbocycles. The molecule has 1 fully saturated rings. The van der Waals surface area contributed by atoms with Gasteiger partial charge in [0.2, 0.25) is 6.29 Å². The van der Waals surface area contributed by atoms with Crippen molar-refractivity contribution >= 4 is 44.2 Å². The number of aromatic nitrogens is 2. The summed E-state index contributed by atoms with van der Waals surface area (Å²) in [6, 6.07) is 9.62. The Labute approximate surface area is 225 Å². The van der Waals surface area contributed by atoms with Gasteiger partial charge < -0.3 is 19.7 Å². The highest BCUT2D eigenvalue weighted by Gasteiger charge is 2.30. The van der Waals surface area contributed by atoms with Gasteiger partial charge in [-0.1, -0.05) is 6.92 Å². The molecule has 0 saturated carbocycles. The molecule has 0 amide bonds. The summed E-state index contributed by atoms with van der Waals surface area (Å²) in [5.41, 5.74) is 2.33. The van der Waals surface area contributed by atoms with Crippen molar-refractivity contribution in [3.05, 3.63) is 36.7 Å². The highest BCUT2D eigenvalue weighted by molar-refractivity contribution is 7.91. The van der Waals surface area contributed by atoms with Gasteiger partial charge in [-0.3, -0.25) is 4.79 Å². The molecule has 1 saturated heterocycles. The molecule has 3 aromatic rings. The molecule has 1 aliphatic heterocycles. The van der Waals surface area contributed by atoms with Crippen LogP contribution in [-0.2, 0) is 14.6 Å². The van der Waals surface area contributed by atoms with Gasteiger partial charge >= 0.3 is 6.18 Å². The summed E-state index contributed by atoms with van der Waals surface area (Å²) in [5, 5.41) is 4.15. The van der Waals surface area contributed by atoms with Crippen molar-refractivity contribution in [3.63, 3.8) is 0 Å². The number of methoxy groups -OCH3 is 2. The molecule has 0 spiro atoms. The first-order chi connectivity index (χ1) is 18.3. The van der Waals surface area contributed by atoms with Gasteiger partial charge in [-0.15, -0.1) is 0 Å². The van der Waals surface area contributed by atoms with E-state index >= 15 is 0 Å². The fourth-order valence-electron chi connectivity index (χ4n) is 4.48. The highest BCUT2D eigenvalue weighted by atomic mass is 32.2. The van der Waals surface area contributed by atoms with Crippen LogP contribution in [0.25, 0.3) is 10.9 Å². The lowest BCUT2D eigenvalue weighted by Gasteiger charge is -2.31. The number of alkyl halides is 3. The molecule has 0 aliphatic carbocycles. The predicted molar refractivity (Wildman–Crippen MR) is 143 cm³/mol. The van der Waals surface area contributed by atoms with E-state index in [-0.39, 0.29) is 10.6 Å². The maximum absolute atomic E-state index is 12.6. The van der Waals surface area contributed by atoms with Crippen LogP contribution in [0.15, 0.2) is 41.6 Å². The third-order valence-electron chi connectivity index (χ3n) is 6.46. The predicted octanol–water partition coefficient (Wildman–Crippen LogP) is 5.31. The molecule has 0 radical (unpaired) electrons. The topological polar surface area (TPSA) is 111 Å². The van der Waals surface area contributed by atoms with Gasteiger partial charge in [-0.25, -0.2) is 18.4 Å². The number of nitrogens with one attached hydrogen (secondary N) is 1. The number of carbonyl (C=O) groups is 1. The number of hydrogen-bond donors (Lipinski definition) is 1. The molecule has 212 valence electrons. The number of nitrogens with zero attached hydrogens (tertiary/aromatic N) is 3. The van der Waals surface area contributed by atoms with Gasteiger partial charge in [0.25, 0.3) is 0 Å². The van der Waals surface area contributed by atoms with Crippen molar-refractivity contribution in [3.8, 4) is 11.5 Å². The van der Waals surface area contributed by atoms with Crippen LogP contribution in [0.5, 0.6) is 11.5 Å². The Kier molecular flexibility index (Phi) is 9.26. The van der Waals surface area contributed by atoms with E-state index in [0.29, 0.717) is 40.6 Å². The zero-order valence-corrected chi connectivity index (χ0v) is 23.1. The number of fused-ring (bicyclic) bond motifs is 1. The molecule has 1 aliphatic rings. The average Bonchev–Trinajstić information content (AvgIpc) is 3.25. The Balaban J connectivity index is 0.000000631. The number of benzene rings is 2. The fourth-order valence-corrected chi connectivity index (χ4v) is 5.39. The Morgan fingerprint density at radius 3 is 2.18 bits per heavy atom. The number of hydrogen-bond acceptors (Lipinski definition) is 9. The van der Waals surface area contributed by atoms with Crippen LogP contribution in [0.3, 0.4) is 0 Å². The molecule has 39 heavy (non-hydrogen) atoms. The second-order valence-corrected chi connectivity index (χ2v) is 11.3. The first-order valence-corrected chi connectivity index (χ1v) is 13.8. The first kappa shape index (κ1) is 29.9. The molecule has 2 unspecified atom stereocenters. The SMILES string of the molecule is CCS(=O)(=O)c1ccc(N2C(C)CCC2C)c(Nc2ncnc3cc(OC)c(OC)cc23)c1.O=CC(F)(F)F. The standard InChI is InChI=1S/C24H30N4O4S.C2HF3O/c1-6-33(29,30)17-9-10-21(28-15(2)7-8-16(28)3)20(11-17)27-24-18-12-22(31-4)23(32-5)13-19(18)25-14-26-24;3-2(4,5)1-6/h9-16H,6-8H2,1-5H3,(H,25,26,27);1H. The zero-order valence-electron chi connectivity index (χ0n) is 22.2. The van der Waals surface area contributed by atoms with Crippen LogP contribution in [0.4, 0.5) is 30.4 Å². The first-order valence-electron chi connectivity index (χ1n) is 12.2. The third-order valence-corrected chi connectivity index (χ3v) is 8.20. The van der Waals surface area contributed by atoms with Crippen molar-refractivity contribution < 1.29 is 35.9 Å². The third kappa shape index (κ3) is 6.88. The van der Waals surface area contributed by atoms with Gasteiger partial charge in [0, 0.05) is 23.5 Å². The van der Waals surface area contributed by atoms with Crippen LogP contribution in [-0.4, -0.2) is 62.9 Å². The zero-order chi connectivity index (χ0) is 29.0. The molecule has 1 aromatic heterocycles. The molecule has 13 heteroatoms. The second kappa shape index (κ2) is 12.1. The fraction of sp³-hybridized carbons (Fsp3) is 0.423. The van der Waals surface area contributed by atoms with Gasteiger partial charge in [-0.2, -0.15) is 13.2 Å². The van der Waals surface area contributed by atoms with Crippen LogP contribution >= 0.6 is 0 Å². The Bertz CT molecular complexity index is 1420. The minimum absolute atomic E-state index is 0.0374. The molecule has 1 N–H and O–H groups in total. The number of ether oxygens (including phenoxy) is 2. The van der Waals surface area contributed by atoms with E-state index in [1.54, 1.807) is 39.3 Å². The Morgan fingerprint density at radius 2 is 1.64 bits per heavy atom. The molecular weight excluding hydrogens is 537 g/mol. The van der Waals surface area contributed by atoms with Gasteiger partial charge in [0.15, 0.2) is 21.3 Å². The highest BCUT2D eigenvalue weighted by Crippen LogP contribution is 2.40. The second-order valence-electron chi connectivity index (χ2n) is 9.00. The molecule has 2 atom stereocenters. The number of anilines is 3. The van der Waals surface area contributed by atoms with Gasteiger partial charge in [0.05, 0.1) is 41.8 Å². The molecule has 4 rings (SSSR count). The van der Waals surface area contributed by atoms with Crippen molar-refractivity contribution in [2.45, 2.75) is 56.8 Å². The van der Waals surface area contributed by atoms with E-state index in [4.69, 9.17) is 14.3 Å². The van der Waals surface area contributed by atoms with E-state index in [0.717, 1.165) is 23.9 Å². The maximum atomic E-state index is 12.6. The van der Waals surface area contributed by atoms with Crippen LogP contribution < -0.4 is 19.7 Å². The quantitative estimate of drug-likeness (QED) is 0.379. The maximum Gasteiger partial charge on any atom is 0.446 e. The van der Waals surface area contributed by atoms with E-state index in [2.05, 4.69) is 34.0 Å². The van der Waals surface area contributed by atoms with E-state index in [1.165, 1.54) is 6.33 Å². The molecule has 2 heterocycles. The summed E-state index contributed by atoms with van der Waals surface area (Å²) in [7, 11) is -0.215. The molecular formula is C26H31F3N4O5S. The van der Waals surface area contributed by atoms with E-state index in [1.807, 2.05) is 12.1 Å². The summed E-state index contributed by atoms with van der Waals surface area (Å²) in [6.45, 7) is 6.04. The van der Waals surface area contributed by atoms with Crippen LogP contribution in [0.2, 0.25) is 0 Å². The lowest BCUT2D eigenvalue weighted by molar-refractivity contribution is -0.156. The minimum Gasteiger partial charge on any atom is -0.493 e. The van der Waals surface area contributed by atoms with Crippen LogP contribution in [0, 0.1) is 0 Å². The van der Waals surface area contributed by atoms with Crippen LogP contribution in [0.1, 0.15) is 33.6 Å². The van der Waals surface area contributed by atoms with Crippen molar-refractivity contribution in [2.24, 2.45) is 0 Å². The number of aldehydes is 1. The lowest BCUT2D eigenvalue weighted by atomic mass is 10.1. The van der Waals surface area contributed by atoms with Gasteiger partial charge in [-0.05, 0) is 51.0 Å². The number of carbonyl (C=O) groups excluding carboxylic acids is 1. The van der Waals surface area contributed by atoms with E-state index in [9.17, 15) is 21.6 Å². The lowest BCUT2D eigenvalue weighted by Crippen LogP contribution is -2.33. The number of halogens is 3. The normalized spacial score (nSPS) is 17.4. The number of sulfone groups is 1. The van der Waals surface area contributed by atoms with E-state index < -0.39 is 22.3 Å². The Morgan fingerprint density at radius 1 is 1.05 bits per heavy atom. The summed E-state index contributed by atoms with van der Waals surface area (Å²) < 4.78 is 67.4. The summed E-state index contributed by atoms with van der Waals surface area (Å²) >= 11 is 0. The summed E-state index contributed by atoms with van der Waals surface area (Å²) in [6.07, 6.45) is -2.05. The number of rotatable bonds is 7. The molecule has 0 bridgehead atoms. The average molecular weight is 569 g/mol. The van der Waals surface area contributed by atoms with Gasteiger partial charge in [0.1, 0.15) is 12.1 Å². The van der Waals surface area contributed by atoms with Crippen molar-refractivity contribution in [1.29, 1.82) is 0 Å². The Hall–Kier alpha value is -3.61. The smallest absolute Gasteiger partial charge is 0.446 e. The van der Waals surface area contributed by atoms with Crippen molar-refractivity contribution in [1.82, 2.24) is 9.97 Å². The summed E-state index contributed by atoms with van der Waals surface area (Å²) in [5.74, 6) is 1.74. The largest absolute Gasteiger partial charge is 0.493 e. The molecule has 9 nitrogen and oxygen atoms in total. The summed E-state index contributed by atoms with van der Waals surface area (Å²) in [4.78, 5) is 20.2. The minimum atomic E-state index is -4.64.